The minimum atomic E-state index is -0.710. The molecule has 0 saturated heterocycles. The van der Waals surface area contributed by atoms with Gasteiger partial charge in [-0.3, -0.25) is 14.2 Å². The lowest BCUT2D eigenvalue weighted by Crippen LogP contribution is -2.23. The van der Waals surface area contributed by atoms with Crippen LogP contribution in [0, 0.1) is 25.2 Å². The molecule has 3 aromatic rings. The van der Waals surface area contributed by atoms with E-state index in [1.165, 1.54) is 19.1 Å². The minimum absolute atomic E-state index is 0.195. The maximum atomic E-state index is 12.6. The minimum Gasteiger partial charge on any atom is -0.452 e. The molecule has 162 valence electrons. The van der Waals surface area contributed by atoms with Gasteiger partial charge in [0.1, 0.15) is 11.9 Å². The highest BCUT2D eigenvalue weighted by Crippen LogP contribution is 2.29. The van der Waals surface area contributed by atoms with Crippen LogP contribution >= 0.6 is 0 Å². The van der Waals surface area contributed by atoms with E-state index in [-0.39, 0.29) is 11.5 Å². The zero-order valence-corrected chi connectivity index (χ0v) is 17.9. The van der Waals surface area contributed by atoms with Gasteiger partial charge in [0.25, 0.3) is 5.91 Å². The number of esters is 1. The Hall–Kier alpha value is -4.38. The molecule has 0 spiro atoms. The Balaban J connectivity index is 1.76. The van der Waals surface area contributed by atoms with Crippen LogP contribution in [0.4, 0.5) is 11.5 Å². The highest BCUT2D eigenvalue weighted by molar-refractivity contribution is 5.97. The van der Waals surface area contributed by atoms with Crippen molar-refractivity contribution in [3.8, 4) is 11.8 Å². The molecule has 0 atom stereocenters. The molecule has 2 aromatic carbocycles. The third kappa shape index (κ3) is 4.84. The van der Waals surface area contributed by atoms with Gasteiger partial charge < -0.3 is 15.4 Å². The van der Waals surface area contributed by atoms with Gasteiger partial charge in [0.15, 0.2) is 6.61 Å². The van der Waals surface area contributed by atoms with E-state index in [9.17, 15) is 19.6 Å². The van der Waals surface area contributed by atoms with Gasteiger partial charge in [0.05, 0.1) is 11.1 Å². The first-order chi connectivity index (χ1) is 15.3. The third-order valence-corrected chi connectivity index (χ3v) is 4.85. The van der Waals surface area contributed by atoms with Crippen LogP contribution in [0.3, 0.4) is 0 Å². The number of rotatable bonds is 6. The lowest BCUT2D eigenvalue weighted by molar-refractivity contribution is -0.119. The lowest BCUT2D eigenvalue weighted by atomic mass is 10.2. The van der Waals surface area contributed by atoms with Gasteiger partial charge in [-0.25, -0.2) is 4.79 Å². The van der Waals surface area contributed by atoms with Crippen molar-refractivity contribution < 1.29 is 19.1 Å². The average molecular weight is 430 g/mol. The summed E-state index contributed by atoms with van der Waals surface area (Å²) < 4.78 is 6.90. The van der Waals surface area contributed by atoms with Crippen molar-refractivity contribution in [3.63, 3.8) is 0 Å². The largest absolute Gasteiger partial charge is 0.452 e. The predicted octanol–water partition coefficient (Wildman–Crippen LogP) is 3.72. The first-order valence-electron chi connectivity index (χ1n) is 9.84. The Bertz CT molecular complexity index is 1220. The molecule has 8 nitrogen and oxygen atoms in total. The predicted molar refractivity (Wildman–Crippen MR) is 120 cm³/mol. The van der Waals surface area contributed by atoms with Crippen molar-refractivity contribution in [1.82, 2.24) is 4.57 Å². The zero-order valence-electron chi connectivity index (χ0n) is 17.9. The Labute approximate surface area is 185 Å². The summed E-state index contributed by atoms with van der Waals surface area (Å²) in [6.45, 7) is 4.50. The smallest absolute Gasteiger partial charge is 0.338 e. The molecule has 0 radical (unpaired) electrons. The van der Waals surface area contributed by atoms with Crippen molar-refractivity contribution >= 4 is 29.3 Å². The topological polar surface area (TPSA) is 113 Å². The molecule has 32 heavy (non-hydrogen) atoms. The van der Waals surface area contributed by atoms with E-state index in [1.54, 1.807) is 16.7 Å². The van der Waals surface area contributed by atoms with Crippen molar-refractivity contribution in [1.29, 1.82) is 5.26 Å². The number of hydrogen-bond acceptors (Lipinski definition) is 5. The van der Waals surface area contributed by atoms with E-state index in [0.717, 1.165) is 16.9 Å². The number of nitrogens with one attached hydrogen (secondary N) is 2. The number of para-hydroxylation sites is 1. The second-order valence-corrected chi connectivity index (χ2v) is 7.10. The second kappa shape index (κ2) is 9.62. The van der Waals surface area contributed by atoms with E-state index >= 15 is 0 Å². The fourth-order valence-electron chi connectivity index (χ4n) is 3.27. The van der Waals surface area contributed by atoms with E-state index in [4.69, 9.17) is 4.74 Å². The maximum Gasteiger partial charge on any atom is 0.338 e. The normalized spacial score (nSPS) is 10.2. The number of nitriles is 1. The summed E-state index contributed by atoms with van der Waals surface area (Å²) in [5.74, 6) is -1.24. The molecule has 0 aliphatic heterocycles. The summed E-state index contributed by atoms with van der Waals surface area (Å²) in [6, 6.07) is 17.7. The van der Waals surface area contributed by atoms with E-state index in [0.29, 0.717) is 17.1 Å². The fraction of sp³-hybridized carbons (Fsp3) is 0.167. The number of carbonyl (C=O) groups excluding carboxylic acids is 3. The van der Waals surface area contributed by atoms with Crippen molar-refractivity contribution in [2.24, 2.45) is 0 Å². The number of carbonyl (C=O) groups is 3. The lowest BCUT2D eigenvalue weighted by Gasteiger charge is -2.13. The molecule has 2 N–H and O–H groups in total. The van der Waals surface area contributed by atoms with Crippen LogP contribution in [0.25, 0.3) is 5.69 Å². The van der Waals surface area contributed by atoms with Crippen LogP contribution < -0.4 is 10.6 Å². The van der Waals surface area contributed by atoms with Gasteiger partial charge in [-0.05, 0) is 49.7 Å². The fourth-order valence-corrected chi connectivity index (χ4v) is 3.27. The van der Waals surface area contributed by atoms with Crippen LogP contribution in [0.2, 0.25) is 0 Å². The number of nitrogens with zero attached hydrogens (tertiary/aromatic N) is 2. The molecule has 0 aliphatic carbocycles. The Morgan fingerprint density at radius 2 is 1.75 bits per heavy atom. The third-order valence-electron chi connectivity index (χ3n) is 4.85. The van der Waals surface area contributed by atoms with Crippen LogP contribution in [-0.2, 0) is 14.3 Å². The van der Waals surface area contributed by atoms with Crippen molar-refractivity contribution in [2.45, 2.75) is 20.8 Å². The average Bonchev–Trinajstić information content (AvgIpc) is 3.01. The molecular formula is C24H22N4O4. The second-order valence-electron chi connectivity index (χ2n) is 7.10. The van der Waals surface area contributed by atoms with Crippen LogP contribution in [0.15, 0.2) is 54.6 Å². The van der Waals surface area contributed by atoms with Crippen molar-refractivity contribution in [2.75, 3.05) is 17.2 Å². The van der Waals surface area contributed by atoms with Crippen LogP contribution in [0.5, 0.6) is 0 Å². The standard InChI is InChI=1S/C24H22N4O4/c1-15-16(2)28(20-10-5-4-6-11-20)23(21(15)13-25)27-22(30)14-32-24(31)18-8-7-9-19(12-18)26-17(3)29/h4-12H,14H2,1-3H3,(H,26,29)(H,27,30). The van der Waals surface area contributed by atoms with Crippen LogP contribution in [-0.4, -0.2) is 29.0 Å². The van der Waals surface area contributed by atoms with Gasteiger partial charge in [0.2, 0.25) is 5.91 Å². The van der Waals surface area contributed by atoms with E-state index in [2.05, 4.69) is 16.7 Å². The highest BCUT2D eigenvalue weighted by atomic mass is 16.5. The summed E-state index contributed by atoms with van der Waals surface area (Å²) in [6.07, 6.45) is 0. The summed E-state index contributed by atoms with van der Waals surface area (Å²) >= 11 is 0. The number of benzene rings is 2. The van der Waals surface area contributed by atoms with E-state index < -0.39 is 18.5 Å². The van der Waals surface area contributed by atoms with Crippen molar-refractivity contribution in [3.05, 3.63) is 77.0 Å². The molecule has 0 saturated carbocycles. The van der Waals surface area contributed by atoms with Gasteiger partial charge >= 0.3 is 5.97 Å². The number of aromatic nitrogens is 1. The zero-order chi connectivity index (χ0) is 23.3. The number of hydrogen-bond donors (Lipinski definition) is 2. The number of amides is 2. The molecule has 0 bridgehead atoms. The van der Waals surface area contributed by atoms with Gasteiger partial charge in [-0.2, -0.15) is 5.26 Å². The summed E-state index contributed by atoms with van der Waals surface area (Å²) in [4.78, 5) is 36.1. The van der Waals surface area contributed by atoms with Gasteiger partial charge in [-0.15, -0.1) is 0 Å². The molecule has 1 heterocycles. The summed E-state index contributed by atoms with van der Waals surface area (Å²) in [5, 5.41) is 14.9. The molecule has 1 aromatic heterocycles. The summed E-state index contributed by atoms with van der Waals surface area (Å²) in [5.41, 5.74) is 3.33. The molecule has 0 aliphatic rings. The van der Waals surface area contributed by atoms with Crippen LogP contribution in [0.1, 0.15) is 34.1 Å². The van der Waals surface area contributed by atoms with Gasteiger partial charge in [0, 0.05) is 24.0 Å². The quantitative estimate of drug-likeness (QED) is 0.579. The SMILES string of the molecule is CC(=O)Nc1cccc(C(=O)OCC(=O)Nc2c(C#N)c(C)c(C)n2-c2ccccc2)c1. The maximum absolute atomic E-state index is 12.6. The Morgan fingerprint density at radius 3 is 2.41 bits per heavy atom. The molecular weight excluding hydrogens is 408 g/mol. The monoisotopic (exact) mass is 430 g/mol. The summed E-state index contributed by atoms with van der Waals surface area (Å²) in [7, 11) is 0. The molecule has 0 fully saturated rings. The highest BCUT2D eigenvalue weighted by Gasteiger charge is 2.21. The molecule has 8 heteroatoms. The molecule has 3 rings (SSSR count). The van der Waals surface area contributed by atoms with E-state index in [1.807, 2.05) is 44.2 Å². The molecule has 2 amide bonds. The van der Waals surface area contributed by atoms with Gasteiger partial charge in [-0.1, -0.05) is 24.3 Å². The first-order valence-corrected chi connectivity index (χ1v) is 9.84. The Morgan fingerprint density at radius 1 is 1.03 bits per heavy atom. The number of ether oxygens (including phenoxy) is 1. The first kappa shape index (κ1) is 22.3. The Kier molecular flexibility index (Phi) is 6.71. The number of anilines is 2. The molecule has 0 unspecified atom stereocenters.